The van der Waals surface area contributed by atoms with Crippen molar-refractivity contribution < 1.29 is 19.4 Å². The number of hydrogen-bond donors (Lipinski definition) is 1. The molecule has 0 aliphatic rings. The summed E-state index contributed by atoms with van der Waals surface area (Å²) in [5.41, 5.74) is 0. The van der Waals surface area contributed by atoms with Crippen LogP contribution < -0.4 is 4.74 Å². The molecular formula is C18H20O4. The summed E-state index contributed by atoms with van der Waals surface area (Å²) < 4.78 is 5.33. The van der Waals surface area contributed by atoms with Crippen molar-refractivity contribution in [3.05, 3.63) is 42.5 Å². The van der Waals surface area contributed by atoms with E-state index in [2.05, 4.69) is 0 Å². The molecule has 0 fully saturated rings. The quantitative estimate of drug-likeness (QED) is 0.451. The lowest BCUT2D eigenvalue weighted by Crippen LogP contribution is -2.07. The van der Waals surface area contributed by atoms with Gasteiger partial charge in [-0.25, -0.2) is 0 Å². The van der Waals surface area contributed by atoms with E-state index in [1.165, 1.54) is 0 Å². The van der Waals surface area contributed by atoms with Crippen LogP contribution in [0.25, 0.3) is 10.8 Å². The fourth-order valence-electron chi connectivity index (χ4n) is 2.31. The molecule has 0 aromatic heterocycles. The van der Waals surface area contributed by atoms with Gasteiger partial charge in [0.25, 0.3) is 0 Å². The average molecular weight is 300 g/mol. The number of carbonyl (C=O) groups excluding carboxylic acids is 1. The first-order valence-corrected chi connectivity index (χ1v) is 7.56. The van der Waals surface area contributed by atoms with E-state index in [1.54, 1.807) is 6.07 Å². The number of carboxylic acid groups (broad SMARTS) is 1. The lowest BCUT2D eigenvalue weighted by molar-refractivity contribution is -0.137. The van der Waals surface area contributed by atoms with Crippen molar-refractivity contribution in [2.75, 3.05) is 0 Å². The number of carboxylic acids is 1. The maximum absolute atomic E-state index is 11.8. The van der Waals surface area contributed by atoms with Gasteiger partial charge >= 0.3 is 11.9 Å². The number of ether oxygens (including phenoxy) is 1. The van der Waals surface area contributed by atoms with E-state index < -0.39 is 5.97 Å². The van der Waals surface area contributed by atoms with E-state index in [-0.39, 0.29) is 12.4 Å². The predicted molar refractivity (Wildman–Crippen MR) is 84.9 cm³/mol. The summed E-state index contributed by atoms with van der Waals surface area (Å²) in [5.74, 6) is -0.446. The molecule has 0 aliphatic carbocycles. The number of rotatable bonds is 8. The van der Waals surface area contributed by atoms with Gasteiger partial charge in [0, 0.05) is 12.8 Å². The molecule has 2 aromatic rings. The molecule has 0 saturated heterocycles. The van der Waals surface area contributed by atoms with Crippen LogP contribution in [0.5, 0.6) is 5.75 Å². The van der Waals surface area contributed by atoms with Gasteiger partial charge in [0.15, 0.2) is 0 Å². The van der Waals surface area contributed by atoms with Gasteiger partial charge in [0.1, 0.15) is 5.75 Å². The van der Waals surface area contributed by atoms with Crippen LogP contribution in [0.2, 0.25) is 0 Å². The number of aliphatic carboxylic acids is 1. The van der Waals surface area contributed by atoms with Gasteiger partial charge in [-0.1, -0.05) is 43.2 Å². The van der Waals surface area contributed by atoms with E-state index in [0.717, 1.165) is 30.0 Å². The molecule has 0 saturated carbocycles. The first kappa shape index (κ1) is 16.0. The van der Waals surface area contributed by atoms with Gasteiger partial charge in [0.05, 0.1) is 0 Å². The van der Waals surface area contributed by atoms with Gasteiger partial charge in [-0.05, 0) is 35.7 Å². The zero-order valence-electron chi connectivity index (χ0n) is 12.5. The second kappa shape index (κ2) is 8.17. The summed E-state index contributed by atoms with van der Waals surface area (Å²) in [5, 5.41) is 10.7. The van der Waals surface area contributed by atoms with Gasteiger partial charge < -0.3 is 9.84 Å². The van der Waals surface area contributed by atoms with Crippen LogP contribution in [-0.2, 0) is 9.59 Å². The highest BCUT2D eigenvalue weighted by molar-refractivity contribution is 5.84. The summed E-state index contributed by atoms with van der Waals surface area (Å²) in [6.07, 6.45) is 3.62. The lowest BCUT2D eigenvalue weighted by Gasteiger charge is -2.05. The maximum atomic E-state index is 11.8. The Hall–Kier alpha value is -2.36. The monoisotopic (exact) mass is 300 g/mol. The van der Waals surface area contributed by atoms with E-state index in [9.17, 15) is 9.59 Å². The molecule has 0 unspecified atom stereocenters. The van der Waals surface area contributed by atoms with Crippen LogP contribution in [0.4, 0.5) is 0 Å². The molecular weight excluding hydrogens is 280 g/mol. The Morgan fingerprint density at radius 3 is 2.27 bits per heavy atom. The van der Waals surface area contributed by atoms with Gasteiger partial charge in [-0.2, -0.15) is 0 Å². The second-order valence-corrected chi connectivity index (χ2v) is 5.29. The Morgan fingerprint density at radius 1 is 0.864 bits per heavy atom. The maximum Gasteiger partial charge on any atom is 0.311 e. The number of fused-ring (bicyclic) bond motifs is 1. The number of esters is 1. The number of benzene rings is 2. The van der Waals surface area contributed by atoms with Crippen LogP contribution in [0.3, 0.4) is 0 Å². The highest BCUT2D eigenvalue weighted by Gasteiger charge is 2.05. The minimum absolute atomic E-state index is 0.196. The first-order valence-electron chi connectivity index (χ1n) is 7.56. The Labute approximate surface area is 129 Å². The van der Waals surface area contributed by atoms with Crippen LogP contribution in [0.1, 0.15) is 38.5 Å². The zero-order valence-corrected chi connectivity index (χ0v) is 12.5. The third-order valence-electron chi connectivity index (χ3n) is 3.47. The summed E-state index contributed by atoms with van der Waals surface area (Å²) in [4.78, 5) is 22.1. The minimum Gasteiger partial charge on any atom is -0.481 e. The Morgan fingerprint density at radius 2 is 1.55 bits per heavy atom. The molecule has 0 bridgehead atoms. The molecule has 4 heteroatoms. The van der Waals surface area contributed by atoms with Crippen molar-refractivity contribution in [2.24, 2.45) is 0 Å². The molecule has 22 heavy (non-hydrogen) atoms. The highest BCUT2D eigenvalue weighted by atomic mass is 16.5. The molecule has 0 aliphatic heterocycles. The van der Waals surface area contributed by atoms with E-state index >= 15 is 0 Å². The molecule has 2 rings (SSSR count). The zero-order chi connectivity index (χ0) is 15.8. The van der Waals surface area contributed by atoms with Gasteiger partial charge in [-0.3, -0.25) is 9.59 Å². The largest absolute Gasteiger partial charge is 0.481 e. The molecule has 1 N–H and O–H groups in total. The van der Waals surface area contributed by atoms with Gasteiger partial charge in [-0.15, -0.1) is 0 Å². The van der Waals surface area contributed by atoms with Gasteiger partial charge in [0.2, 0.25) is 0 Å². The fourth-order valence-corrected chi connectivity index (χ4v) is 2.31. The lowest BCUT2D eigenvalue weighted by atomic mass is 10.1. The minimum atomic E-state index is -0.768. The summed E-state index contributed by atoms with van der Waals surface area (Å²) in [7, 11) is 0. The van der Waals surface area contributed by atoms with E-state index in [4.69, 9.17) is 9.84 Å². The van der Waals surface area contributed by atoms with Crippen LogP contribution in [-0.4, -0.2) is 17.0 Å². The summed E-state index contributed by atoms with van der Waals surface area (Å²) >= 11 is 0. The normalized spacial score (nSPS) is 10.5. The molecule has 0 heterocycles. The molecule has 0 radical (unpaired) electrons. The third kappa shape index (κ3) is 5.20. The summed E-state index contributed by atoms with van der Waals surface area (Å²) in [6, 6.07) is 13.5. The number of carbonyl (C=O) groups is 2. The van der Waals surface area contributed by atoms with E-state index in [1.807, 2.05) is 36.4 Å². The van der Waals surface area contributed by atoms with E-state index in [0.29, 0.717) is 18.6 Å². The number of hydrogen-bond acceptors (Lipinski definition) is 3. The Bertz CT molecular complexity index is 648. The molecule has 116 valence electrons. The van der Waals surface area contributed by atoms with Crippen LogP contribution >= 0.6 is 0 Å². The van der Waals surface area contributed by atoms with Crippen LogP contribution in [0, 0.1) is 0 Å². The highest BCUT2D eigenvalue weighted by Crippen LogP contribution is 2.21. The first-order chi connectivity index (χ1) is 10.6. The van der Waals surface area contributed by atoms with Crippen molar-refractivity contribution in [1.29, 1.82) is 0 Å². The third-order valence-corrected chi connectivity index (χ3v) is 3.47. The molecule has 4 nitrogen and oxygen atoms in total. The fraction of sp³-hybridized carbons (Fsp3) is 0.333. The summed E-state index contributed by atoms with van der Waals surface area (Å²) in [6.45, 7) is 0. The van der Waals surface area contributed by atoms with Crippen molar-refractivity contribution in [2.45, 2.75) is 38.5 Å². The SMILES string of the molecule is O=C(O)CCCCCCC(=O)Oc1ccc2ccccc2c1. The molecule has 0 spiro atoms. The van der Waals surface area contributed by atoms with Crippen molar-refractivity contribution in [3.8, 4) is 5.75 Å². The second-order valence-electron chi connectivity index (χ2n) is 5.29. The topological polar surface area (TPSA) is 63.6 Å². The molecule has 2 aromatic carbocycles. The van der Waals surface area contributed by atoms with Crippen molar-refractivity contribution in [1.82, 2.24) is 0 Å². The standard InChI is InChI=1S/C18H20O4/c19-17(20)9-3-1-2-4-10-18(21)22-16-12-11-14-7-5-6-8-15(14)13-16/h5-8,11-13H,1-4,9-10H2,(H,19,20). The Balaban J connectivity index is 1.73. The molecule has 0 amide bonds. The molecule has 0 atom stereocenters. The predicted octanol–water partition coefficient (Wildman–Crippen LogP) is 4.17. The van der Waals surface area contributed by atoms with Crippen molar-refractivity contribution in [3.63, 3.8) is 0 Å². The van der Waals surface area contributed by atoms with Crippen molar-refractivity contribution >= 4 is 22.7 Å². The van der Waals surface area contributed by atoms with Crippen LogP contribution in [0.15, 0.2) is 42.5 Å². The average Bonchev–Trinajstić information content (AvgIpc) is 2.50. The smallest absolute Gasteiger partial charge is 0.311 e. The Kier molecular flexibility index (Phi) is 5.95. The number of unbranched alkanes of at least 4 members (excludes halogenated alkanes) is 3.